The Morgan fingerprint density at radius 3 is 2.54 bits per heavy atom. The topological polar surface area (TPSA) is 45.7 Å². The molecule has 0 saturated carbocycles. The number of phenols is 1. The highest BCUT2D eigenvalue weighted by Gasteiger charge is 2.15. The quantitative estimate of drug-likeness (QED) is 0.526. The van der Waals surface area contributed by atoms with Crippen LogP contribution >= 0.6 is 11.6 Å². The van der Waals surface area contributed by atoms with Gasteiger partial charge in [0.25, 0.3) is 0 Å². The third kappa shape index (κ3) is 4.00. The largest absolute Gasteiger partial charge is 0.506 e. The Morgan fingerprint density at radius 1 is 1.04 bits per heavy atom. The molecule has 0 radical (unpaired) electrons. The van der Waals surface area contributed by atoms with Gasteiger partial charge in [0.05, 0.1) is 6.21 Å². The van der Waals surface area contributed by atoms with Gasteiger partial charge in [0.1, 0.15) is 23.0 Å². The highest BCUT2D eigenvalue weighted by molar-refractivity contribution is 6.30. The first-order chi connectivity index (χ1) is 12.2. The zero-order chi connectivity index (χ0) is 18.9. The van der Waals surface area contributed by atoms with Crippen LogP contribution in [-0.4, -0.2) is 11.3 Å². The number of benzene rings is 2. The van der Waals surface area contributed by atoms with Gasteiger partial charge in [-0.3, -0.25) is 0 Å². The molecule has 3 nitrogen and oxygen atoms in total. The Hall–Kier alpha value is -2.52. The SMILES string of the molecule is Cc1ccc(Cl)cc1-c1ccc(C=Nc2cc(C(C)(C)C)ccc2O)o1. The molecular weight excluding hydrogens is 346 g/mol. The molecule has 0 amide bonds. The van der Waals surface area contributed by atoms with Crippen molar-refractivity contribution >= 4 is 23.5 Å². The van der Waals surface area contributed by atoms with Crippen molar-refractivity contribution in [3.8, 4) is 17.1 Å². The van der Waals surface area contributed by atoms with Gasteiger partial charge in [-0.25, -0.2) is 4.99 Å². The summed E-state index contributed by atoms with van der Waals surface area (Å²) in [4.78, 5) is 4.40. The van der Waals surface area contributed by atoms with Gasteiger partial charge >= 0.3 is 0 Å². The summed E-state index contributed by atoms with van der Waals surface area (Å²) in [5, 5.41) is 10.7. The summed E-state index contributed by atoms with van der Waals surface area (Å²) >= 11 is 6.09. The van der Waals surface area contributed by atoms with Crippen molar-refractivity contribution in [3.63, 3.8) is 0 Å². The van der Waals surface area contributed by atoms with E-state index in [9.17, 15) is 5.11 Å². The molecule has 0 aliphatic rings. The lowest BCUT2D eigenvalue weighted by Gasteiger charge is -2.19. The lowest BCUT2D eigenvalue weighted by molar-refractivity contribution is 0.475. The van der Waals surface area contributed by atoms with Gasteiger partial charge < -0.3 is 9.52 Å². The average molecular weight is 368 g/mol. The van der Waals surface area contributed by atoms with E-state index in [0.29, 0.717) is 16.5 Å². The first-order valence-corrected chi connectivity index (χ1v) is 8.86. The minimum Gasteiger partial charge on any atom is -0.506 e. The molecule has 2 aromatic carbocycles. The summed E-state index contributed by atoms with van der Waals surface area (Å²) in [6.45, 7) is 8.38. The summed E-state index contributed by atoms with van der Waals surface area (Å²) in [6, 6.07) is 14.9. The maximum Gasteiger partial charge on any atom is 0.145 e. The van der Waals surface area contributed by atoms with Crippen molar-refractivity contribution < 1.29 is 9.52 Å². The van der Waals surface area contributed by atoms with Crippen LogP contribution in [0.5, 0.6) is 5.75 Å². The average Bonchev–Trinajstić information content (AvgIpc) is 3.04. The van der Waals surface area contributed by atoms with Crippen LogP contribution < -0.4 is 0 Å². The smallest absolute Gasteiger partial charge is 0.145 e. The number of rotatable bonds is 3. The van der Waals surface area contributed by atoms with Gasteiger partial charge in [0, 0.05) is 10.6 Å². The van der Waals surface area contributed by atoms with E-state index in [4.69, 9.17) is 16.0 Å². The molecule has 0 atom stereocenters. The molecule has 1 N–H and O–H groups in total. The maximum atomic E-state index is 10.1. The second-order valence-electron chi connectivity index (χ2n) is 7.37. The standard InChI is InChI=1S/C22H22ClNO2/c1-14-5-7-16(23)12-18(14)21-10-8-17(26-21)13-24-19-11-15(22(2,3)4)6-9-20(19)25/h5-13,25H,1-4H3. The molecule has 0 bridgehead atoms. The number of furan rings is 1. The third-order valence-electron chi connectivity index (χ3n) is 4.26. The van der Waals surface area contributed by atoms with Crippen molar-refractivity contribution in [2.24, 2.45) is 4.99 Å². The molecule has 0 aliphatic carbocycles. The molecule has 3 rings (SSSR count). The number of nitrogens with zero attached hydrogens (tertiary/aromatic N) is 1. The Labute approximate surface area is 159 Å². The molecule has 0 saturated heterocycles. The van der Waals surface area contributed by atoms with Crippen LogP contribution in [0.25, 0.3) is 11.3 Å². The highest BCUT2D eigenvalue weighted by Crippen LogP contribution is 2.33. The van der Waals surface area contributed by atoms with E-state index < -0.39 is 0 Å². The van der Waals surface area contributed by atoms with E-state index in [1.165, 1.54) is 0 Å². The van der Waals surface area contributed by atoms with Gasteiger partial charge in [0.15, 0.2) is 0 Å². The maximum absolute atomic E-state index is 10.1. The lowest BCUT2D eigenvalue weighted by atomic mass is 9.87. The number of aryl methyl sites for hydroxylation is 1. The van der Waals surface area contributed by atoms with Crippen LogP contribution in [-0.2, 0) is 5.41 Å². The van der Waals surface area contributed by atoms with E-state index >= 15 is 0 Å². The molecule has 0 aliphatic heterocycles. The van der Waals surface area contributed by atoms with Gasteiger partial charge in [-0.15, -0.1) is 0 Å². The van der Waals surface area contributed by atoms with Crippen LogP contribution in [0.15, 0.2) is 57.9 Å². The molecule has 0 unspecified atom stereocenters. The first kappa shape index (κ1) is 18.3. The van der Waals surface area contributed by atoms with Crippen LogP contribution in [0.1, 0.15) is 37.7 Å². The molecular formula is C22H22ClNO2. The fourth-order valence-electron chi connectivity index (χ4n) is 2.65. The first-order valence-electron chi connectivity index (χ1n) is 8.48. The minimum atomic E-state index is -0.0140. The predicted octanol–water partition coefficient (Wildman–Crippen LogP) is 6.66. The number of phenolic OH excluding ortho intramolecular Hbond substituents is 1. The molecule has 26 heavy (non-hydrogen) atoms. The number of hydrogen-bond acceptors (Lipinski definition) is 3. The van der Waals surface area contributed by atoms with Gasteiger partial charge in [-0.1, -0.05) is 44.5 Å². The fraction of sp³-hybridized carbons (Fsp3) is 0.227. The predicted molar refractivity (Wildman–Crippen MR) is 108 cm³/mol. The van der Waals surface area contributed by atoms with E-state index in [0.717, 1.165) is 22.5 Å². The van der Waals surface area contributed by atoms with E-state index in [1.807, 2.05) is 49.4 Å². The Kier molecular flexibility index (Phi) is 4.92. The molecule has 4 heteroatoms. The van der Waals surface area contributed by atoms with Gasteiger partial charge in [0.2, 0.25) is 0 Å². The minimum absolute atomic E-state index is 0.0140. The van der Waals surface area contributed by atoms with Gasteiger partial charge in [-0.2, -0.15) is 0 Å². The second kappa shape index (κ2) is 7.00. The van der Waals surface area contributed by atoms with Crippen molar-refractivity contribution in [1.29, 1.82) is 0 Å². The highest BCUT2D eigenvalue weighted by atomic mass is 35.5. The van der Waals surface area contributed by atoms with E-state index in [1.54, 1.807) is 12.3 Å². The molecule has 0 spiro atoms. The summed E-state index contributed by atoms with van der Waals surface area (Å²) in [5.74, 6) is 1.49. The van der Waals surface area contributed by atoms with Gasteiger partial charge in [-0.05, 0) is 59.9 Å². The van der Waals surface area contributed by atoms with E-state index in [2.05, 4.69) is 25.8 Å². The molecule has 3 aromatic rings. The molecule has 134 valence electrons. The lowest BCUT2D eigenvalue weighted by Crippen LogP contribution is -2.10. The van der Waals surface area contributed by atoms with Crippen LogP contribution in [0.4, 0.5) is 5.69 Å². The molecule has 1 aromatic heterocycles. The van der Waals surface area contributed by atoms with Crippen molar-refractivity contribution in [2.45, 2.75) is 33.1 Å². The Balaban J connectivity index is 1.89. The van der Waals surface area contributed by atoms with Crippen molar-refractivity contribution in [1.82, 2.24) is 0 Å². The normalized spacial score (nSPS) is 12.0. The Morgan fingerprint density at radius 2 is 1.81 bits per heavy atom. The van der Waals surface area contributed by atoms with E-state index in [-0.39, 0.29) is 11.2 Å². The number of halogens is 1. The van der Waals surface area contributed by atoms with Crippen LogP contribution in [0, 0.1) is 6.92 Å². The summed E-state index contributed by atoms with van der Waals surface area (Å²) in [6.07, 6.45) is 1.62. The Bertz CT molecular complexity index is 965. The third-order valence-corrected chi connectivity index (χ3v) is 4.50. The summed E-state index contributed by atoms with van der Waals surface area (Å²) in [7, 11) is 0. The number of aromatic hydroxyl groups is 1. The zero-order valence-corrected chi connectivity index (χ0v) is 16.1. The monoisotopic (exact) mass is 367 g/mol. The summed E-state index contributed by atoms with van der Waals surface area (Å²) < 4.78 is 5.88. The van der Waals surface area contributed by atoms with Crippen LogP contribution in [0.3, 0.4) is 0 Å². The number of hydrogen-bond donors (Lipinski definition) is 1. The zero-order valence-electron chi connectivity index (χ0n) is 15.4. The molecule has 0 fully saturated rings. The second-order valence-corrected chi connectivity index (χ2v) is 7.81. The van der Waals surface area contributed by atoms with Crippen LogP contribution in [0.2, 0.25) is 5.02 Å². The van der Waals surface area contributed by atoms with Crippen molar-refractivity contribution in [3.05, 3.63) is 70.4 Å². The fourth-order valence-corrected chi connectivity index (χ4v) is 2.83. The van der Waals surface area contributed by atoms with Crippen molar-refractivity contribution in [2.75, 3.05) is 0 Å². The summed E-state index contributed by atoms with van der Waals surface area (Å²) in [5.41, 5.74) is 3.66. The molecule has 1 heterocycles. The number of aliphatic imine (C=N–C) groups is 1.